The fraction of sp³-hybridized carbons (Fsp3) is 0.333. The van der Waals surface area contributed by atoms with Crippen LogP contribution in [-0.2, 0) is 0 Å². The minimum Gasteiger partial charge on any atom is -0.493 e. The molecular formula is C18H21NO2. The normalized spacial score (nSPS) is 20.3. The quantitative estimate of drug-likeness (QED) is 0.922. The van der Waals surface area contributed by atoms with Gasteiger partial charge in [0, 0.05) is 23.2 Å². The Labute approximate surface area is 125 Å². The van der Waals surface area contributed by atoms with Gasteiger partial charge in [-0.05, 0) is 31.0 Å². The third kappa shape index (κ3) is 2.44. The highest BCUT2D eigenvalue weighted by atomic mass is 16.5. The number of anilines is 1. The van der Waals surface area contributed by atoms with Gasteiger partial charge in [-0.15, -0.1) is 0 Å². The van der Waals surface area contributed by atoms with Gasteiger partial charge < -0.3 is 14.8 Å². The van der Waals surface area contributed by atoms with Crippen molar-refractivity contribution in [2.24, 2.45) is 0 Å². The summed E-state index contributed by atoms with van der Waals surface area (Å²) in [6.45, 7) is 2.22. The molecule has 3 rings (SSSR count). The number of hydrogen-bond acceptors (Lipinski definition) is 3. The summed E-state index contributed by atoms with van der Waals surface area (Å²) in [4.78, 5) is 0. The predicted octanol–water partition coefficient (Wildman–Crippen LogP) is 4.04. The molecule has 3 nitrogen and oxygen atoms in total. The van der Waals surface area contributed by atoms with Gasteiger partial charge in [0.1, 0.15) is 0 Å². The first-order valence-electron chi connectivity index (χ1n) is 7.31. The number of fused-ring (bicyclic) bond motifs is 1. The van der Waals surface area contributed by atoms with Crippen molar-refractivity contribution in [3.05, 3.63) is 53.6 Å². The maximum Gasteiger partial charge on any atom is 0.164 e. The van der Waals surface area contributed by atoms with E-state index < -0.39 is 0 Å². The predicted molar refractivity (Wildman–Crippen MR) is 85.5 cm³/mol. The molecule has 0 radical (unpaired) electrons. The Bertz CT molecular complexity index is 639. The molecule has 0 spiro atoms. The molecular weight excluding hydrogens is 262 g/mol. The number of para-hydroxylation sites is 2. The van der Waals surface area contributed by atoms with E-state index >= 15 is 0 Å². The van der Waals surface area contributed by atoms with E-state index in [1.807, 2.05) is 12.1 Å². The van der Waals surface area contributed by atoms with Gasteiger partial charge >= 0.3 is 0 Å². The van der Waals surface area contributed by atoms with Gasteiger partial charge in [0.25, 0.3) is 0 Å². The largest absolute Gasteiger partial charge is 0.493 e. The van der Waals surface area contributed by atoms with Crippen LogP contribution in [0.3, 0.4) is 0 Å². The van der Waals surface area contributed by atoms with E-state index in [2.05, 4.69) is 42.6 Å². The van der Waals surface area contributed by atoms with Crippen molar-refractivity contribution in [2.75, 3.05) is 19.5 Å². The molecule has 0 saturated heterocycles. The van der Waals surface area contributed by atoms with Crippen molar-refractivity contribution >= 4 is 5.69 Å². The fourth-order valence-electron chi connectivity index (χ4n) is 3.22. The van der Waals surface area contributed by atoms with Gasteiger partial charge in [-0.3, -0.25) is 0 Å². The van der Waals surface area contributed by atoms with E-state index in [1.165, 1.54) is 16.8 Å². The highest BCUT2D eigenvalue weighted by Crippen LogP contribution is 2.44. The van der Waals surface area contributed by atoms with Crippen LogP contribution in [-0.4, -0.2) is 20.3 Å². The molecule has 3 heteroatoms. The van der Waals surface area contributed by atoms with Gasteiger partial charge in [0.2, 0.25) is 0 Å². The molecule has 21 heavy (non-hydrogen) atoms. The number of nitrogens with one attached hydrogen (secondary N) is 1. The molecule has 1 aliphatic rings. The first-order valence-corrected chi connectivity index (χ1v) is 7.31. The molecule has 0 aromatic heterocycles. The van der Waals surface area contributed by atoms with Crippen LogP contribution in [0.1, 0.15) is 30.4 Å². The Morgan fingerprint density at radius 2 is 1.71 bits per heavy atom. The zero-order valence-electron chi connectivity index (χ0n) is 12.7. The van der Waals surface area contributed by atoms with E-state index in [0.717, 1.165) is 17.9 Å². The van der Waals surface area contributed by atoms with Crippen LogP contribution in [0.2, 0.25) is 0 Å². The van der Waals surface area contributed by atoms with E-state index in [4.69, 9.17) is 9.47 Å². The second-order valence-corrected chi connectivity index (χ2v) is 5.50. The summed E-state index contributed by atoms with van der Waals surface area (Å²) in [5, 5.41) is 3.55. The van der Waals surface area contributed by atoms with E-state index in [0.29, 0.717) is 12.0 Å². The molecule has 0 saturated carbocycles. The minimum atomic E-state index is 0.322. The molecule has 0 amide bonds. The third-order valence-corrected chi connectivity index (χ3v) is 4.14. The maximum atomic E-state index is 5.63. The summed E-state index contributed by atoms with van der Waals surface area (Å²) in [5.74, 6) is 1.95. The highest BCUT2D eigenvalue weighted by molar-refractivity contribution is 5.61. The number of rotatable bonds is 3. The zero-order chi connectivity index (χ0) is 14.8. The van der Waals surface area contributed by atoms with Gasteiger partial charge in [-0.2, -0.15) is 0 Å². The van der Waals surface area contributed by atoms with Crippen molar-refractivity contribution in [3.8, 4) is 11.5 Å². The molecule has 2 unspecified atom stereocenters. The average Bonchev–Trinajstić information content (AvgIpc) is 2.53. The maximum absolute atomic E-state index is 5.63. The summed E-state index contributed by atoms with van der Waals surface area (Å²) >= 11 is 0. The fourth-order valence-corrected chi connectivity index (χ4v) is 3.22. The summed E-state index contributed by atoms with van der Waals surface area (Å²) in [6, 6.07) is 15.1. The Hall–Kier alpha value is -2.16. The summed E-state index contributed by atoms with van der Waals surface area (Å²) < 4.78 is 11.1. The molecule has 2 aromatic carbocycles. The van der Waals surface area contributed by atoms with Crippen LogP contribution in [0.25, 0.3) is 0 Å². The van der Waals surface area contributed by atoms with Gasteiger partial charge in [0.15, 0.2) is 11.5 Å². The molecule has 1 N–H and O–H groups in total. The van der Waals surface area contributed by atoms with Gasteiger partial charge in [-0.1, -0.05) is 30.3 Å². The molecule has 0 aliphatic carbocycles. The van der Waals surface area contributed by atoms with Crippen LogP contribution in [0, 0.1) is 0 Å². The molecule has 1 heterocycles. The van der Waals surface area contributed by atoms with Crippen LogP contribution >= 0.6 is 0 Å². The number of ether oxygens (including phenoxy) is 2. The van der Waals surface area contributed by atoms with Crippen LogP contribution < -0.4 is 14.8 Å². The lowest BCUT2D eigenvalue weighted by atomic mass is 9.82. The number of methoxy groups -OCH3 is 2. The lowest BCUT2D eigenvalue weighted by Gasteiger charge is -2.32. The van der Waals surface area contributed by atoms with Crippen molar-refractivity contribution in [2.45, 2.75) is 25.3 Å². The van der Waals surface area contributed by atoms with Crippen molar-refractivity contribution in [1.29, 1.82) is 0 Å². The van der Waals surface area contributed by atoms with Crippen molar-refractivity contribution < 1.29 is 9.47 Å². The Morgan fingerprint density at radius 1 is 0.952 bits per heavy atom. The first kappa shape index (κ1) is 13.8. The summed E-state index contributed by atoms with van der Waals surface area (Å²) in [5.41, 5.74) is 3.73. The SMILES string of the molecule is COc1cccc(C2CC(C)Nc3ccccc32)c1OC. The number of benzene rings is 2. The summed E-state index contributed by atoms with van der Waals surface area (Å²) in [7, 11) is 3.39. The topological polar surface area (TPSA) is 30.5 Å². The third-order valence-electron chi connectivity index (χ3n) is 4.14. The van der Waals surface area contributed by atoms with E-state index in [1.54, 1.807) is 14.2 Å². The molecule has 0 fully saturated rings. The zero-order valence-corrected chi connectivity index (χ0v) is 12.7. The van der Waals surface area contributed by atoms with Crippen molar-refractivity contribution in [1.82, 2.24) is 0 Å². The van der Waals surface area contributed by atoms with E-state index in [9.17, 15) is 0 Å². The number of hydrogen-bond donors (Lipinski definition) is 1. The van der Waals surface area contributed by atoms with E-state index in [-0.39, 0.29) is 0 Å². The molecule has 1 aliphatic heterocycles. The first-order chi connectivity index (χ1) is 10.2. The van der Waals surface area contributed by atoms with Crippen LogP contribution in [0.5, 0.6) is 11.5 Å². The molecule has 2 aromatic rings. The van der Waals surface area contributed by atoms with Gasteiger partial charge in [0.05, 0.1) is 14.2 Å². The Morgan fingerprint density at radius 3 is 2.48 bits per heavy atom. The lowest BCUT2D eigenvalue weighted by molar-refractivity contribution is 0.349. The van der Waals surface area contributed by atoms with Gasteiger partial charge in [-0.25, -0.2) is 0 Å². The smallest absolute Gasteiger partial charge is 0.164 e. The summed E-state index contributed by atoms with van der Waals surface area (Å²) in [6.07, 6.45) is 1.04. The Balaban J connectivity index is 2.13. The molecule has 2 atom stereocenters. The molecule has 110 valence electrons. The minimum absolute atomic E-state index is 0.322. The Kier molecular flexibility index (Phi) is 3.74. The second kappa shape index (κ2) is 5.68. The average molecular weight is 283 g/mol. The monoisotopic (exact) mass is 283 g/mol. The lowest BCUT2D eigenvalue weighted by Crippen LogP contribution is -2.26. The standard InChI is InChI=1S/C18H21NO2/c1-12-11-15(13-7-4-5-9-16(13)19-12)14-8-6-10-17(20-2)18(14)21-3/h4-10,12,15,19H,11H2,1-3H3. The highest BCUT2D eigenvalue weighted by Gasteiger charge is 2.28. The van der Waals surface area contributed by atoms with Crippen LogP contribution in [0.15, 0.2) is 42.5 Å². The van der Waals surface area contributed by atoms with Crippen LogP contribution in [0.4, 0.5) is 5.69 Å². The van der Waals surface area contributed by atoms with Crippen molar-refractivity contribution in [3.63, 3.8) is 0 Å². The second-order valence-electron chi connectivity index (χ2n) is 5.50. The molecule has 0 bridgehead atoms.